The zero-order chi connectivity index (χ0) is 12.2. The van der Waals surface area contributed by atoms with Gasteiger partial charge < -0.3 is 8.43 Å². The Morgan fingerprint density at radius 1 is 0.938 bits per heavy atom. The lowest BCUT2D eigenvalue weighted by atomic mass is 10.4. The SMILES string of the molecule is C[SiH](C)OP(=O)(O[SiH](C)C)c1ccccc1. The van der Waals surface area contributed by atoms with Crippen LogP contribution in [0, 0.1) is 0 Å². The van der Waals surface area contributed by atoms with E-state index >= 15 is 0 Å². The molecule has 0 saturated carbocycles. The number of hydrogen-bond donors (Lipinski definition) is 0. The lowest BCUT2D eigenvalue weighted by molar-refractivity contribution is 0.409. The van der Waals surface area contributed by atoms with E-state index in [9.17, 15) is 4.57 Å². The lowest BCUT2D eigenvalue weighted by Crippen LogP contribution is -2.19. The quantitative estimate of drug-likeness (QED) is 0.611. The lowest BCUT2D eigenvalue weighted by Gasteiger charge is -2.23. The van der Waals surface area contributed by atoms with Crippen molar-refractivity contribution in [2.45, 2.75) is 26.2 Å². The maximum Gasteiger partial charge on any atom is 0.341 e. The van der Waals surface area contributed by atoms with Gasteiger partial charge in [-0.3, -0.25) is 4.57 Å². The van der Waals surface area contributed by atoms with Crippen LogP contribution in [-0.2, 0) is 13.0 Å². The summed E-state index contributed by atoms with van der Waals surface area (Å²) < 4.78 is 23.9. The minimum absolute atomic E-state index is 0.678. The Bertz CT molecular complexity index is 354. The molecule has 0 aliphatic heterocycles. The van der Waals surface area contributed by atoms with Gasteiger partial charge in [0.15, 0.2) is 18.1 Å². The summed E-state index contributed by atoms with van der Waals surface area (Å²) in [5.74, 6) is 0. The predicted octanol–water partition coefficient (Wildman–Crippen LogP) is 2.51. The second kappa shape index (κ2) is 5.93. The largest absolute Gasteiger partial charge is 0.352 e. The van der Waals surface area contributed by atoms with Crippen LogP contribution in [0.4, 0.5) is 0 Å². The van der Waals surface area contributed by atoms with Gasteiger partial charge in [0.2, 0.25) is 0 Å². The van der Waals surface area contributed by atoms with Gasteiger partial charge >= 0.3 is 7.60 Å². The molecular weight excluding hydrogens is 255 g/mol. The van der Waals surface area contributed by atoms with Crippen molar-refractivity contribution >= 4 is 31.0 Å². The van der Waals surface area contributed by atoms with Crippen LogP contribution in [0.5, 0.6) is 0 Å². The van der Waals surface area contributed by atoms with Gasteiger partial charge in [-0.15, -0.1) is 0 Å². The summed E-state index contributed by atoms with van der Waals surface area (Å²) in [6, 6.07) is 9.24. The van der Waals surface area contributed by atoms with Gasteiger partial charge in [-0.2, -0.15) is 0 Å². The van der Waals surface area contributed by atoms with Crippen molar-refractivity contribution in [2.75, 3.05) is 0 Å². The maximum atomic E-state index is 12.7. The van der Waals surface area contributed by atoms with Crippen molar-refractivity contribution in [1.29, 1.82) is 0 Å². The fourth-order valence-electron chi connectivity index (χ4n) is 1.31. The molecule has 0 atom stereocenters. The molecule has 3 nitrogen and oxygen atoms in total. The molecule has 90 valence electrons. The average molecular weight is 274 g/mol. The van der Waals surface area contributed by atoms with Crippen LogP contribution in [0.3, 0.4) is 0 Å². The minimum Gasteiger partial charge on any atom is -0.352 e. The van der Waals surface area contributed by atoms with Crippen molar-refractivity contribution in [3.63, 3.8) is 0 Å². The Morgan fingerprint density at radius 2 is 1.38 bits per heavy atom. The third kappa shape index (κ3) is 3.99. The van der Waals surface area contributed by atoms with Gasteiger partial charge in [-0.25, -0.2) is 0 Å². The highest BCUT2D eigenvalue weighted by Gasteiger charge is 2.29. The zero-order valence-electron chi connectivity index (χ0n) is 10.2. The summed E-state index contributed by atoms with van der Waals surface area (Å²) in [4.78, 5) is 0. The highest BCUT2D eigenvalue weighted by Crippen LogP contribution is 2.48. The molecular formula is C10H19O3PSi2. The molecule has 1 rings (SSSR count). The van der Waals surface area contributed by atoms with Crippen molar-refractivity contribution in [3.8, 4) is 0 Å². The molecule has 0 fully saturated rings. The van der Waals surface area contributed by atoms with E-state index in [1.54, 1.807) is 0 Å². The molecule has 0 spiro atoms. The zero-order valence-corrected chi connectivity index (χ0v) is 13.4. The van der Waals surface area contributed by atoms with E-state index in [2.05, 4.69) is 0 Å². The third-order valence-electron chi connectivity index (χ3n) is 1.77. The molecule has 0 heterocycles. The number of benzene rings is 1. The Balaban J connectivity index is 3.00. The van der Waals surface area contributed by atoms with Crippen LogP contribution in [0.25, 0.3) is 0 Å². The van der Waals surface area contributed by atoms with E-state index in [-0.39, 0.29) is 0 Å². The summed E-state index contributed by atoms with van der Waals surface area (Å²) in [5, 5.41) is 0.678. The first-order chi connectivity index (χ1) is 7.44. The number of rotatable bonds is 5. The van der Waals surface area contributed by atoms with Crippen molar-refractivity contribution in [3.05, 3.63) is 30.3 Å². The highest BCUT2D eigenvalue weighted by molar-refractivity contribution is 7.64. The molecule has 1 aromatic rings. The van der Waals surface area contributed by atoms with E-state index in [1.807, 2.05) is 56.5 Å². The van der Waals surface area contributed by atoms with Crippen molar-refractivity contribution in [2.24, 2.45) is 0 Å². The smallest absolute Gasteiger partial charge is 0.341 e. The second-order valence-electron chi connectivity index (χ2n) is 4.14. The van der Waals surface area contributed by atoms with Crippen LogP contribution in [0.1, 0.15) is 0 Å². The molecule has 6 heteroatoms. The molecule has 0 N–H and O–H groups in total. The first-order valence-corrected chi connectivity index (χ1v) is 12.6. The molecule has 0 radical (unpaired) electrons. The minimum atomic E-state index is -3.06. The molecule has 0 aliphatic carbocycles. The average Bonchev–Trinajstić information content (AvgIpc) is 2.16. The van der Waals surface area contributed by atoms with Crippen LogP contribution in [0.2, 0.25) is 26.2 Å². The van der Waals surface area contributed by atoms with Gasteiger partial charge in [0.05, 0.1) is 5.30 Å². The molecule has 0 saturated heterocycles. The standard InChI is InChI=1S/C10H19O3PSi2/c1-15(2)12-14(11,13-16(3)4)10-8-6-5-7-9-10/h5-9,15-16H,1-4H3. The van der Waals surface area contributed by atoms with Gasteiger partial charge in [-0.1, -0.05) is 18.2 Å². The summed E-state index contributed by atoms with van der Waals surface area (Å²) in [6.07, 6.45) is 0. The molecule has 0 bridgehead atoms. The highest BCUT2D eigenvalue weighted by atomic mass is 31.2. The molecule has 0 unspecified atom stereocenters. The van der Waals surface area contributed by atoms with E-state index < -0.39 is 25.7 Å². The van der Waals surface area contributed by atoms with Crippen LogP contribution >= 0.6 is 7.60 Å². The summed E-state index contributed by atoms with van der Waals surface area (Å²) in [6.45, 7) is 8.00. The van der Waals surface area contributed by atoms with Gasteiger partial charge in [0, 0.05) is 0 Å². The maximum absolute atomic E-state index is 12.7. The van der Waals surface area contributed by atoms with Crippen molar-refractivity contribution < 1.29 is 13.0 Å². The summed E-state index contributed by atoms with van der Waals surface area (Å²) in [5.41, 5.74) is 0. The normalized spacial score (nSPS) is 12.4. The molecule has 1 aromatic carbocycles. The Morgan fingerprint density at radius 3 is 1.75 bits per heavy atom. The monoisotopic (exact) mass is 274 g/mol. The number of hydrogen-bond acceptors (Lipinski definition) is 3. The molecule has 0 aromatic heterocycles. The third-order valence-corrected chi connectivity index (χ3v) is 8.30. The Hall–Kier alpha value is -0.196. The van der Waals surface area contributed by atoms with E-state index in [0.29, 0.717) is 5.30 Å². The predicted molar refractivity (Wildman–Crippen MR) is 73.6 cm³/mol. The van der Waals surface area contributed by atoms with Crippen LogP contribution in [0.15, 0.2) is 30.3 Å². The van der Waals surface area contributed by atoms with E-state index in [1.165, 1.54) is 0 Å². The van der Waals surface area contributed by atoms with E-state index in [0.717, 1.165) is 0 Å². The van der Waals surface area contributed by atoms with Gasteiger partial charge in [0.1, 0.15) is 0 Å². The fraction of sp³-hybridized carbons (Fsp3) is 0.400. The summed E-state index contributed by atoms with van der Waals surface area (Å²) in [7, 11) is -5.84. The van der Waals surface area contributed by atoms with E-state index in [4.69, 9.17) is 8.43 Å². The van der Waals surface area contributed by atoms with Crippen molar-refractivity contribution in [1.82, 2.24) is 0 Å². The molecule has 0 aliphatic rings. The van der Waals surface area contributed by atoms with Gasteiger partial charge in [-0.05, 0) is 38.3 Å². The van der Waals surface area contributed by atoms with Crippen LogP contribution < -0.4 is 5.30 Å². The Labute approximate surface area is 101 Å². The first kappa shape index (κ1) is 13.9. The summed E-state index contributed by atoms with van der Waals surface area (Å²) >= 11 is 0. The van der Waals surface area contributed by atoms with Crippen LogP contribution in [-0.4, -0.2) is 18.1 Å². The topological polar surface area (TPSA) is 35.5 Å². The molecule has 16 heavy (non-hydrogen) atoms. The Kier molecular flexibility index (Phi) is 5.14. The van der Waals surface area contributed by atoms with Gasteiger partial charge in [0.25, 0.3) is 0 Å². The molecule has 0 amide bonds. The first-order valence-electron chi connectivity index (χ1n) is 5.46. The second-order valence-corrected chi connectivity index (χ2v) is 11.5. The fourth-order valence-corrected chi connectivity index (χ4v) is 7.91.